The average molecular weight is 465 g/mol. The van der Waals surface area contributed by atoms with Gasteiger partial charge in [-0.15, -0.1) is 0 Å². The minimum Gasteiger partial charge on any atom is -0.364 e. The third-order valence-corrected chi connectivity index (χ3v) is 7.50. The number of anilines is 2. The standard InChI is InChI=1S/C29H32N6/c1-20(21-9-4-2-5-10-21)32-26-17-23(13-14-31-26)28-33-25-19-30-18-24(22-11-8-12-22)27(25)29(34-28)35-15-6-3-7-16-35/h2,4-5,9-10,13-14,17-20,22H,3,6-8,11-12,15-16H2,1H3,(H,31,32)/t20-/m1/s1. The average Bonchev–Trinajstić information content (AvgIpc) is 2.88. The maximum absolute atomic E-state index is 5.21. The number of fused-ring (bicyclic) bond motifs is 1. The Kier molecular flexibility index (Phi) is 6.03. The van der Waals surface area contributed by atoms with Gasteiger partial charge < -0.3 is 10.2 Å². The smallest absolute Gasteiger partial charge is 0.162 e. The molecule has 178 valence electrons. The van der Waals surface area contributed by atoms with Crippen LogP contribution < -0.4 is 10.2 Å². The number of aromatic nitrogens is 4. The van der Waals surface area contributed by atoms with Gasteiger partial charge in [0.1, 0.15) is 11.6 Å². The summed E-state index contributed by atoms with van der Waals surface area (Å²) in [7, 11) is 0. The van der Waals surface area contributed by atoms with Crippen LogP contribution in [0.4, 0.5) is 11.6 Å². The highest BCUT2D eigenvalue weighted by molar-refractivity contribution is 5.94. The fourth-order valence-electron chi connectivity index (χ4n) is 5.28. The fourth-order valence-corrected chi connectivity index (χ4v) is 5.28. The minimum atomic E-state index is 0.148. The zero-order valence-corrected chi connectivity index (χ0v) is 20.3. The van der Waals surface area contributed by atoms with E-state index in [0.717, 1.165) is 41.6 Å². The summed E-state index contributed by atoms with van der Waals surface area (Å²) in [5.41, 5.74) is 4.47. The Labute approximate surface area is 206 Å². The van der Waals surface area contributed by atoms with Gasteiger partial charge in [-0.1, -0.05) is 36.8 Å². The second-order valence-electron chi connectivity index (χ2n) is 9.88. The molecule has 1 atom stereocenters. The second kappa shape index (κ2) is 9.61. The summed E-state index contributed by atoms with van der Waals surface area (Å²) in [5, 5.41) is 4.74. The van der Waals surface area contributed by atoms with Crippen LogP contribution in [-0.4, -0.2) is 33.0 Å². The molecule has 1 aliphatic carbocycles. The molecule has 6 rings (SSSR count). The molecule has 6 nitrogen and oxygen atoms in total. The summed E-state index contributed by atoms with van der Waals surface area (Å²) in [4.78, 5) is 21.9. The van der Waals surface area contributed by atoms with E-state index in [4.69, 9.17) is 9.97 Å². The molecular formula is C29H32N6. The van der Waals surface area contributed by atoms with E-state index in [1.165, 1.54) is 55.0 Å². The van der Waals surface area contributed by atoms with Gasteiger partial charge >= 0.3 is 0 Å². The number of benzene rings is 1. The van der Waals surface area contributed by atoms with Crippen LogP contribution in [0.3, 0.4) is 0 Å². The van der Waals surface area contributed by atoms with Gasteiger partial charge in [0.2, 0.25) is 0 Å². The monoisotopic (exact) mass is 464 g/mol. The highest BCUT2D eigenvalue weighted by Gasteiger charge is 2.26. The first-order chi connectivity index (χ1) is 17.3. The Hall–Kier alpha value is -3.54. The summed E-state index contributed by atoms with van der Waals surface area (Å²) in [6.45, 7) is 4.25. The lowest BCUT2D eigenvalue weighted by Crippen LogP contribution is -2.31. The maximum atomic E-state index is 5.21. The summed E-state index contributed by atoms with van der Waals surface area (Å²) in [6.07, 6.45) is 13.3. The molecule has 1 aliphatic heterocycles. The summed E-state index contributed by atoms with van der Waals surface area (Å²) >= 11 is 0. The van der Waals surface area contributed by atoms with Gasteiger partial charge in [-0.3, -0.25) is 4.98 Å². The normalized spacial score (nSPS) is 17.2. The molecule has 1 N–H and O–H groups in total. The van der Waals surface area contributed by atoms with Crippen LogP contribution in [0.25, 0.3) is 22.3 Å². The molecule has 1 saturated carbocycles. The van der Waals surface area contributed by atoms with E-state index in [0.29, 0.717) is 5.92 Å². The zero-order chi connectivity index (χ0) is 23.6. The molecular weight excluding hydrogens is 432 g/mol. The number of hydrogen-bond acceptors (Lipinski definition) is 6. The number of rotatable bonds is 6. The van der Waals surface area contributed by atoms with E-state index in [-0.39, 0.29) is 6.04 Å². The first kappa shape index (κ1) is 22.0. The van der Waals surface area contributed by atoms with Crippen molar-refractivity contribution in [1.29, 1.82) is 0 Å². The van der Waals surface area contributed by atoms with Crippen LogP contribution in [0.2, 0.25) is 0 Å². The first-order valence-corrected chi connectivity index (χ1v) is 12.9. The summed E-state index contributed by atoms with van der Waals surface area (Å²) < 4.78 is 0. The predicted molar refractivity (Wildman–Crippen MR) is 142 cm³/mol. The van der Waals surface area contributed by atoms with Gasteiger partial charge in [0.15, 0.2) is 5.82 Å². The molecule has 6 heteroatoms. The van der Waals surface area contributed by atoms with Crippen molar-refractivity contribution in [2.75, 3.05) is 23.3 Å². The Morgan fingerprint density at radius 3 is 2.54 bits per heavy atom. The molecule has 1 saturated heterocycles. The fraction of sp³-hybridized carbons (Fsp3) is 0.379. The van der Waals surface area contributed by atoms with E-state index in [2.05, 4.69) is 63.6 Å². The Balaban J connectivity index is 1.40. The zero-order valence-electron chi connectivity index (χ0n) is 20.3. The van der Waals surface area contributed by atoms with E-state index in [1.807, 2.05) is 24.5 Å². The molecule has 4 heterocycles. The van der Waals surface area contributed by atoms with Crippen LogP contribution in [0.15, 0.2) is 61.1 Å². The Morgan fingerprint density at radius 2 is 1.77 bits per heavy atom. The summed E-state index contributed by atoms with van der Waals surface area (Å²) in [5.74, 6) is 3.23. The van der Waals surface area contributed by atoms with Crippen molar-refractivity contribution in [3.05, 3.63) is 72.2 Å². The molecule has 2 fully saturated rings. The lowest BCUT2D eigenvalue weighted by atomic mass is 9.79. The number of pyridine rings is 2. The molecule has 0 spiro atoms. The highest BCUT2D eigenvalue weighted by Crippen LogP contribution is 2.42. The molecule has 1 aromatic carbocycles. The second-order valence-corrected chi connectivity index (χ2v) is 9.88. The van der Waals surface area contributed by atoms with Crippen molar-refractivity contribution in [1.82, 2.24) is 19.9 Å². The van der Waals surface area contributed by atoms with Crippen molar-refractivity contribution in [2.24, 2.45) is 0 Å². The van der Waals surface area contributed by atoms with Gasteiger partial charge in [-0.2, -0.15) is 0 Å². The Morgan fingerprint density at radius 1 is 0.943 bits per heavy atom. The van der Waals surface area contributed by atoms with Gasteiger partial charge in [0.05, 0.1) is 11.7 Å². The molecule has 2 aliphatic rings. The van der Waals surface area contributed by atoms with E-state index in [1.54, 1.807) is 0 Å². The Bertz CT molecular complexity index is 1310. The van der Waals surface area contributed by atoms with Gasteiger partial charge in [-0.25, -0.2) is 15.0 Å². The van der Waals surface area contributed by atoms with Crippen LogP contribution >= 0.6 is 0 Å². The quantitative estimate of drug-likeness (QED) is 0.350. The number of nitrogens with one attached hydrogen (secondary N) is 1. The molecule has 4 aromatic rings. The predicted octanol–water partition coefficient (Wildman–Crippen LogP) is 6.52. The van der Waals surface area contributed by atoms with Gasteiger partial charge in [0.25, 0.3) is 0 Å². The SMILES string of the molecule is C[C@@H](Nc1cc(-c2nc(N3CCCCC3)c3c(C4CCC4)cncc3n2)ccn1)c1ccccc1. The number of hydrogen-bond donors (Lipinski definition) is 1. The van der Waals surface area contributed by atoms with Crippen molar-refractivity contribution >= 4 is 22.5 Å². The van der Waals surface area contributed by atoms with Crippen molar-refractivity contribution in [3.8, 4) is 11.4 Å². The molecule has 0 radical (unpaired) electrons. The summed E-state index contributed by atoms with van der Waals surface area (Å²) in [6, 6.07) is 14.6. The van der Waals surface area contributed by atoms with Crippen LogP contribution in [-0.2, 0) is 0 Å². The van der Waals surface area contributed by atoms with Crippen molar-refractivity contribution in [3.63, 3.8) is 0 Å². The van der Waals surface area contributed by atoms with Crippen molar-refractivity contribution < 1.29 is 0 Å². The van der Waals surface area contributed by atoms with Crippen LogP contribution in [0, 0.1) is 0 Å². The molecule has 0 amide bonds. The minimum absolute atomic E-state index is 0.148. The largest absolute Gasteiger partial charge is 0.364 e. The topological polar surface area (TPSA) is 66.8 Å². The highest BCUT2D eigenvalue weighted by atomic mass is 15.2. The third-order valence-electron chi connectivity index (χ3n) is 7.50. The molecule has 0 bridgehead atoms. The number of piperidine rings is 1. The molecule has 35 heavy (non-hydrogen) atoms. The van der Waals surface area contributed by atoms with E-state index in [9.17, 15) is 0 Å². The van der Waals surface area contributed by atoms with Crippen LogP contribution in [0.5, 0.6) is 0 Å². The lowest BCUT2D eigenvalue weighted by molar-refractivity contribution is 0.421. The van der Waals surface area contributed by atoms with Gasteiger partial charge in [-0.05, 0) is 68.2 Å². The molecule has 0 unspecified atom stereocenters. The van der Waals surface area contributed by atoms with Crippen LogP contribution in [0.1, 0.15) is 68.5 Å². The number of nitrogens with zero attached hydrogens (tertiary/aromatic N) is 5. The van der Waals surface area contributed by atoms with E-state index >= 15 is 0 Å². The van der Waals surface area contributed by atoms with Gasteiger partial charge in [0, 0.05) is 42.5 Å². The maximum Gasteiger partial charge on any atom is 0.162 e. The van der Waals surface area contributed by atoms with Crippen molar-refractivity contribution in [2.45, 2.75) is 57.4 Å². The molecule has 3 aromatic heterocycles. The third kappa shape index (κ3) is 4.45. The first-order valence-electron chi connectivity index (χ1n) is 12.9. The lowest BCUT2D eigenvalue weighted by Gasteiger charge is -2.32. The van der Waals surface area contributed by atoms with E-state index < -0.39 is 0 Å².